The lowest BCUT2D eigenvalue weighted by molar-refractivity contribution is 0.0838. The maximum absolute atomic E-state index is 13.0. The normalized spacial score (nSPS) is 10.7. The first-order valence-electron chi connectivity index (χ1n) is 10.8. The van der Waals surface area contributed by atoms with Crippen LogP contribution in [0, 0.1) is 0 Å². The molecule has 9 heteroatoms. The summed E-state index contributed by atoms with van der Waals surface area (Å²) >= 11 is 0. The molecule has 2 heterocycles. The number of nitrogens with zero attached hydrogens (tertiary/aromatic N) is 3. The monoisotopic (exact) mass is 465 g/mol. The molecular formula is C26H19N5O4. The van der Waals surface area contributed by atoms with Gasteiger partial charge in [-0.15, -0.1) is 0 Å². The highest BCUT2D eigenvalue weighted by molar-refractivity contribution is 6.05. The van der Waals surface area contributed by atoms with Gasteiger partial charge in [-0.25, -0.2) is 4.68 Å². The van der Waals surface area contributed by atoms with E-state index in [1.54, 1.807) is 24.3 Å². The fourth-order valence-electron chi connectivity index (χ4n) is 3.62. The minimum absolute atomic E-state index is 0.00144. The van der Waals surface area contributed by atoms with Crippen LogP contribution in [0.5, 0.6) is 0 Å². The molecule has 0 aliphatic carbocycles. The zero-order valence-electron chi connectivity index (χ0n) is 18.3. The zero-order valence-corrected chi connectivity index (χ0v) is 18.3. The molecule has 2 aromatic heterocycles. The van der Waals surface area contributed by atoms with Crippen LogP contribution < -0.4 is 16.4 Å². The van der Waals surface area contributed by atoms with Gasteiger partial charge < -0.3 is 4.52 Å². The molecule has 35 heavy (non-hydrogen) atoms. The van der Waals surface area contributed by atoms with Crippen LogP contribution in [0.3, 0.4) is 0 Å². The lowest BCUT2D eigenvalue weighted by Gasteiger charge is -2.11. The van der Waals surface area contributed by atoms with Gasteiger partial charge in [0.25, 0.3) is 17.4 Å². The lowest BCUT2D eigenvalue weighted by atomic mass is 10.1. The molecule has 2 amide bonds. The number of aromatic nitrogens is 3. The van der Waals surface area contributed by atoms with E-state index in [2.05, 4.69) is 21.1 Å². The average Bonchev–Trinajstić information content (AvgIpc) is 3.40. The average molecular weight is 465 g/mol. The molecule has 0 fully saturated rings. The molecule has 0 unspecified atom stereocenters. The first-order valence-corrected chi connectivity index (χ1v) is 10.8. The number of fused-ring (bicyclic) bond motifs is 1. The lowest BCUT2D eigenvalue weighted by Crippen LogP contribution is -2.43. The van der Waals surface area contributed by atoms with E-state index in [9.17, 15) is 14.4 Å². The van der Waals surface area contributed by atoms with E-state index >= 15 is 0 Å². The summed E-state index contributed by atoms with van der Waals surface area (Å²) < 4.78 is 6.47. The number of carbonyl (C=O) groups is 2. The number of amides is 2. The molecule has 0 aliphatic heterocycles. The van der Waals surface area contributed by atoms with E-state index in [0.29, 0.717) is 16.5 Å². The number of rotatable bonds is 5. The van der Waals surface area contributed by atoms with E-state index in [0.717, 1.165) is 11.1 Å². The molecule has 5 aromatic rings. The molecular weight excluding hydrogens is 446 g/mol. The molecule has 2 N–H and O–H groups in total. The third-order valence-electron chi connectivity index (χ3n) is 5.35. The highest BCUT2D eigenvalue weighted by Gasteiger charge is 2.19. The quantitative estimate of drug-likeness (QED) is 0.385. The van der Waals surface area contributed by atoms with E-state index in [1.807, 2.05) is 60.7 Å². The van der Waals surface area contributed by atoms with Crippen LogP contribution in [0.2, 0.25) is 0 Å². The van der Waals surface area contributed by atoms with Crippen LogP contribution >= 0.6 is 0 Å². The van der Waals surface area contributed by atoms with Gasteiger partial charge in [0, 0.05) is 17.0 Å². The van der Waals surface area contributed by atoms with Crippen molar-refractivity contribution in [2.75, 3.05) is 0 Å². The molecule has 0 radical (unpaired) electrons. The Balaban J connectivity index is 1.38. The first-order chi connectivity index (χ1) is 17.1. The highest BCUT2D eigenvalue weighted by Crippen LogP contribution is 2.19. The third kappa shape index (κ3) is 4.55. The van der Waals surface area contributed by atoms with Crippen molar-refractivity contribution in [3.8, 4) is 11.3 Å². The minimum Gasteiger partial charge on any atom is -0.355 e. The van der Waals surface area contributed by atoms with E-state index < -0.39 is 11.8 Å². The Morgan fingerprint density at radius 1 is 0.800 bits per heavy atom. The fraction of sp³-hybridized carbons (Fsp3) is 0.0385. The Hall–Kier alpha value is -5.05. The molecule has 0 spiro atoms. The predicted molar refractivity (Wildman–Crippen MR) is 128 cm³/mol. The SMILES string of the molecule is O=C(NNC(=O)c1nn(Cc2ccccc2)c(=O)c2ccccc12)c1cc(-c2ccccc2)on1. The Morgan fingerprint density at radius 2 is 1.43 bits per heavy atom. The number of benzene rings is 3. The van der Waals surface area contributed by atoms with Crippen LogP contribution in [-0.2, 0) is 6.54 Å². The standard InChI is InChI=1S/C26H19N5O4/c32-24(21-15-22(35-30-21)18-11-5-2-6-12-18)27-28-25(33)23-19-13-7-8-14-20(19)26(34)31(29-23)16-17-9-3-1-4-10-17/h1-15H,16H2,(H,27,32)(H,28,33). The summed E-state index contributed by atoms with van der Waals surface area (Å²) in [6, 6.07) is 26.7. The third-order valence-corrected chi connectivity index (χ3v) is 5.35. The van der Waals surface area contributed by atoms with Gasteiger partial charge >= 0.3 is 0 Å². The minimum atomic E-state index is -0.678. The summed E-state index contributed by atoms with van der Waals surface area (Å²) in [5, 5.41) is 8.79. The summed E-state index contributed by atoms with van der Waals surface area (Å²) in [5.41, 5.74) is 5.97. The van der Waals surface area contributed by atoms with Crippen LogP contribution in [0.1, 0.15) is 26.5 Å². The molecule has 5 rings (SSSR count). The van der Waals surface area contributed by atoms with Gasteiger partial charge in [0.15, 0.2) is 17.1 Å². The van der Waals surface area contributed by atoms with E-state index in [1.165, 1.54) is 10.7 Å². The van der Waals surface area contributed by atoms with Gasteiger partial charge in [0.05, 0.1) is 11.9 Å². The largest absolute Gasteiger partial charge is 0.355 e. The van der Waals surface area contributed by atoms with Gasteiger partial charge in [-0.05, 0) is 11.6 Å². The number of hydrogen-bond donors (Lipinski definition) is 2. The maximum Gasteiger partial charge on any atom is 0.291 e. The summed E-state index contributed by atoms with van der Waals surface area (Å²) in [7, 11) is 0. The highest BCUT2D eigenvalue weighted by atomic mass is 16.5. The number of nitrogens with one attached hydrogen (secondary N) is 2. The second-order valence-electron chi connectivity index (χ2n) is 7.69. The van der Waals surface area contributed by atoms with Crippen LogP contribution in [0.25, 0.3) is 22.1 Å². The Kier molecular flexibility index (Phi) is 5.87. The second kappa shape index (κ2) is 9.44. The van der Waals surface area contributed by atoms with Crippen LogP contribution in [-0.4, -0.2) is 26.8 Å². The van der Waals surface area contributed by atoms with E-state index in [-0.39, 0.29) is 23.5 Å². The van der Waals surface area contributed by atoms with Crippen molar-refractivity contribution in [1.29, 1.82) is 0 Å². The Morgan fingerprint density at radius 3 is 2.17 bits per heavy atom. The molecule has 0 saturated heterocycles. The molecule has 0 saturated carbocycles. The summed E-state index contributed by atoms with van der Waals surface area (Å²) in [5.74, 6) is -0.919. The predicted octanol–water partition coefficient (Wildman–Crippen LogP) is 3.17. The molecule has 172 valence electrons. The van der Waals surface area contributed by atoms with Crippen LogP contribution in [0.4, 0.5) is 0 Å². The van der Waals surface area contributed by atoms with Crippen molar-refractivity contribution in [3.63, 3.8) is 0 Å². The Bertz CT molecular complexity index is 1580. The van der Waals surface area contributed by atoms with Gasteiger partial charge in [0.2, 0.25) is 0 Å². The maximum atomic E-state index is 13.0. The molecule has 0 atom stereocenters. The van der Waals surface area contributed by atoms with Gasteiger partial charge in [-0.2, -0.15) is 5.10 Å². The molecule has 0 bridgehead atoms. The summed E-state index contributed by atoms with van der Waals surface area (Å²) in [6.45, 7) is 0.193. The summed E-state index contributed by atoms with van der Waals surface area (Å²) in [4.78, 5) is 38.5. The van der Waals surface area contributed by atoms with Crippen LogP contribution in [0.15, 0.2) is 100 Å². The van der Waals surface area contributed by atoms with Gasteiger partial charge in [-0.3, -0.25) is 25.2 Å². The number of hydrogen-bond acceptors (Lipinski definition) is 6. The van der Waals surface area contributed by atoms with E-state index in [4.69, 9.17) is 4.52 Å². The Labute approximate surface area is 199 Å². The first kappa shape index (κ1) is 21.8. The molecule has 3 aromatic carbocycles. The van der Waals surface area contributed by atoms with Crippen molar-refractivity contribution >= 4 is 22.6 Å². The van der Waals surface area contributed by atoms with Crippen molar-refractivity contribution in [3.05, 3.63) is 118 Å². The van der Waals surface area contributed by atoms with Crippen molar-refractivity contribution in [2.24, 2.45) is 0 Å². The van der Waals surface area contributed by atoms with Gasteiger partial charge in [0.1, 0.15) is 0 Å². The molecule has 0 aliphatic rings. The number of hydrazine groups is 1. The number of carbonyl (C=O) groups excluding carboxylic acids is 2. The molecule has 9 nitrogen and oxygen atoms in total. The van der Waals surface area contributed by atoms with Crippen molar-refractivity contribution in [1.82, 2.24) is 25.8 Å². The topological polar surface area (TPSA) is 119 Å². The van der Waals surface area contributed by atoms with Gasteiger partial charge in [-0.1, -0.05) is 84.0 Å². The summed E-state index contributed by atoms with van der Waals surface area (Å²) in [6.07, 6.45) is 0. The van der Waals surface area contributed by atoms with Crippen molar-refractivity contribution in [2.45, 2.75) is 6.54 Å². The fourth-order valence-corrected chi connectivity index (χ4v) is 3.62. The second-order valence-corrected chi connectivity index (χ2v) is 7.69. The zero-order chi connectivity index (χ0) is 24.2. The van der Waals surface area contributed by atoms with Crippen molar-refractivity contribution < 1.29 is 14.1 Å². The smallest absolute Gasteiger partial charge is 0.291 e.